The molecule has 0 aliphatic heterocycles. The van der Waals surface area contributed by atoms with E-state index >= 15 is 0 Å². The van der Waals surface area contributed by atoms with Gasteiger partial charge in [-0.3, -0.25) is 0 Å². The van der Waals surface area contributed by atoms with Gasteiger partial charge in [-0.05, 0) is 42.0 Å². The van der Waals surface area contributed by atoms with E-state index in [4.69, 9.17) is 6.42 Å². The molecule has 3 rings (SSSR count). The predicted octanol–water partition coefficient (Wildman–Crippen LogP) is 4.89. The van der Waals surface area contributed by atoms with Crippen molar-refractivity contribution in [2.75, 3.05) is 17.0 Å². The SMILES string of the molecule is C#CN(C)c1ccc(C=NN(c2ccccc2)c2ccccc2)cc1. The van der Waals surface area contributed by atoms with Gasteiger partial charge in [0.05, 0.1) is 17.6 Å². The molecule has 3 nitrogen and oxygen atoms in total. The Morgan fingerprint density at radius 3 is 1.76 bits per heavy atom. The number of terminal acetylenes is 1. The van der Waals surface area contributed by atoms with Crippen molar-refractivity contribution in [3.8, 4) is 12.5 Å². The van der Waals surface area contributed by atoms with Gasteiger partial charge in [0.25, 0.3) is 0 Å². The van der Waals surface area contributed by atoms with Gasteiger partial charge in [0.2, 0.25) is 0 Å². The van der Waals surface area contributed by atoms with Gasteiger partial charge in [-0.2, -0.15) is 5.10 Å². The van der Waals surface area contributed by atoms with Crippen LogP contribution in [0, 0.1) is 12.5 Å². The summed E-state index contributed by atoms with van der Waals surface area (Å²) in [6, 6.07) is 30.7. The van der Waals surface area contributed by atoms with E-state index in [2.05, 4.69) is 11.1 Å². The monoisotopic (exact) mass is 325 g/mol. The molecule has 0 aliphatic carbocycles. The molecule has 3 aromatic carbocycles. The van der Waals surface area contributed by atoms with Crippen LogP contribution in [-0.2, 0) is 0 Å². The second kappa shape index (κ2) is 7.85. The highest BCUT2D eigenvalue weighted by Crippen LogP contribution is 2.25. The molecule has 3 heteroatoms. The van der Waals surface area contributed by atoms with E-state index in [0.29, 0.717) is 0 Å². The van der Waals surface area contributed by atoms with Crippen molar-refractivity contribution in [3.63, 3.8) is 0 Å². The number of hydrogen-bond acceptors (Lipinski definition) is 3. The zero-order valence-corrected chi connectivity index (χ0v) is 14.1. The van der Waals surface area contributed by atoms with E-state index in [1.54, 1.807) is 4.90 Å². The lowest BCUT2D eigenvalue weighted by atomic mass is 10.2. The normalized spacial score (nSPS) is 10.4. The van der Waals surface area contributed by atoms with Crippen molar-refractivity contribution in [3.05, 3.63) is 90.5 Å². The molecule has 0 saturated carbocycles. The molecule has 0 aromatic heterocycles. The summed E-state index contributed by atoms with van der Waals surface area (Å²) in [4.78, 5) is 1.74. The van der Waals surface area contributed by atoms with E-state index in [-0.39, 0.29) is 0 Å². The van der Waals surface area contributed by atoms with Crippen LogP contribution in [0.4, 0.5) is 17.1 Å². The summed E-state index contributed by atoms with van der Waals surface area (Å²) >= 11 is 0. The molecule has 25 heavy (non-hydrogen) atoms. The fraction of sp³-hybridized carbons (Fsp3) is 0.0455. The lowest BCUT2D eigenvalue weighted by Crippen LogP contribution is -2.09. The number of rotatable bonds is 5. The van der Waals surface area contributed by atoms with Crippen molar-refractivity contribution in [1.82, 2.24) is 0 Å². The van der Waals surface area contributed by atoms with Gasteiger partial charge < -0.3 is 4.90 Å². The lowest BCUT2D eigenvalue weighted by molar-refractivity contribution is 1.09. The first kappa shape index (κ1) is 16.4. The van der Waals surface area contributed by atoms with Gasteiger partial charge in [0, 0.05) is 18.8 Å². The zero-order chi connectivity index (χ0) is 17.5. The Morgan fingerprint density at radius 1 is 0.760 bits per heavy atom. The molecule has 0 heterocycles. The summed E-state index contributed by atoms with van der Waals surface area (Å²) in [5.41, 5.74) is 4.00. The molecule has 0 amide bonds. The van der Waals surface area contributed by atoms with Crippen LogP contribution in [0.1, 0.15) is 5.56 Å². The van der Waals surface area contributed by atoms with Crippen LogP contribution in [0.3, 0.4) is 0 Å². The smallest absolute Gasteiger partial charge is 0.0652 e. The summed E-state index contributed by atoms with van der Waals surface area (Å²) in [5, 5.41) is 6.60. The molecule has 0 saturated heterocycles. The van der Waals surface area contributed by atoms with Crippen molar-refractivity contribution < 1.29 is 0 Å². The molecule has 0 bridgehead atoms. The molecule has 0 N–H and O–H groups in total. The third kappa shape index (κ3) is 4.07. The highest BCUT2D eigenvalue weighted by molar-refractivity contribution is 5.82. The first-order chi connectivity index (χ1) is 12.3. The van der Waals surface area contributed by atoms with E-state index in [9.17, 15) is 0 Å². The quantitative estimate of drug-likeness (QED) is 0.288. The highest BCUT2D eigenvalue weighted by atomic mass is 15.5. The van der Waals surface area contributed by atoms with Crippen molar-refractivity contribution in [2.45, 2.75) is 0 Å². The van der Waals surface area contributed by atoms with Crippen LogP contribution in [0.25, 0.3) is 0 Å². The average Bonchev–Trinajstić information content (AvgIpc) is 2.70. The Morgan fingerprint density at radius 2 is 1.28 bits per heavy atom. The first-order valence-electron chi connectivity index (χ1n) is 8.02. The maximum atomic E-state index is 5.41. The number of para-hydroxylation sites is 2. The molecule has 0 radical (unpaired) electrons. The average molecular weight is 325 g/mol. The molecular weight excluding hydrogens is 306 g/mol. The van der Waals surface area contributed by atoms with Gasteiger partial charge in [-0.1, -0.05) is 55.0 Å². The van der Waals surface area contributed by atoms with Crippen molar-refractivity contribution in [2.24, 2.45) is 5.10 Å². The molecule has 0 fully saturated rings. The fourth-order valence-electron chi connectivity index (χ4n) is 2.40. The molecule has 0 spiro atoms. The van der Waals surface area contributed by atoms with Gasteiger partial charge in [-0.25, -0.2) is 5.01 Å². The van der Waals surface area contributed by atoms with Crippen molar-refractivity contribution in [1.29, 1.82) is 0 Å². The topological polar surface area (TPSA) is 18.8 Å². The van der Waals surface area contributed by atoms with Crippen LogP contribution in [0.15, 0.2) is 90.0 Å². The maximum absolute atomic E-state index is 5.41. The standard InChI is InChI=1S/C22H19N3/c1-3-24(2)20-16-14-19(15-17-20)18-23-25(21-10-6-4-7-11-21)22-12-8-5-9-13-22/h1,4-18H,2H3. The van der Waals surface area contributed by atoms with Gasteiger partial charge in [0.15, 0.2) is 0 Å². The molecule has 0 atom stereocenters. The second-order valence-electron chi connectivity index (χ2n) is 5.51. The predicted molar refractivity (Wildman–Crippen MR) is 106 cm³/mol. The van der Waals surface area contributed by atoms with Crippen LogP contribution >= 0.6 is 0 Å². The Bertz CT molecular complexity index is 823. The van der Waals surface area contributed by atoms with Gasteiger partial charge in [0.1, 0.15) is 0 Å². The minimum atomic E-state index is 0.975. The van der Waals surface area contributed by atoms with E-state index < -0.39 is 0 Å². The number of hydrogen-bond donors (Lipinski definition) is 0. The van der Waals surface area contributed by atoms with Crippen molar-refractivity contribution >= 4 is 23.3 Å². The van der Waals surface area contributed by atoms with Crippen LogP contribution < -0.4 is 9.91 Å². The minimum Gasteiger partial charge on any atom is -0.305 e. The molecular formula is C22H19N3. The molecule has 122 valence electrons. The lowest BCUT2D eigenvalue weighted by Gasteiger charge is -2.19. The number of anilines is 3. The number of nitrogens with zero attached hydrogens (tertiary/aromatic N) is 3. The van der Waals surface area contributed by atoms with E-state index in [1.807, 2.05) is 103 Å². The number of benzene rings is 3. The highest BCUT2D eigenvalue weighted by Gasteiger charge is 2.06. The largest absolute Gasteiger partial charge is 0.305 e. The Kier molecular flexibility index (Phi) is 5.13. The van der Waals surface area contributed by atoms with Crippen LogP contribution in [-0.4, -0.2) is 13.3 Å². The fourth-order valence-corrected chi connectivity index (χ4v) is 2.40. The summed E-state index contributed by atoms with van der Waals surface area (Å²) in [6.45, 7) is 0. The summed E-state index contributed by atoms with van der Waals surface area (Å²) < 4.78 is 0. The molecule has 0 aliphatic rings. The summed E-state index contributed by atoms with van der Waals surface area (Å²) in [7, 11) is 1.86. The van der Waals surface area contributed by atoms with E-state index in [1.165, 1.54) is 0 Å². The van der Waals surface area contributed by atoms with Gasteiger partial charge in [-0.15, -0.1) is 0 Å². The molecule has 3 aromatic rings. The minimum absolute atomic E-state index is 0.975. The Labute approximate surface area is 148 Å². The van der Waals surface area contributed by atoms with E-state index in [0.717, 1.165) is 22.6 Å². The maximum Gasteiger partial charge on any atom is 0.0652 e. The number of hydrazone groups is 1. The Hall–Kier alpha value is -3.51. The third-order valence-electron chi connectivity index (χ3n) is 3.80. The zero-order valence-electron chi connectivity index (χ0n) is 14.1. The third-order valence-corrected chi connectivity index (χ3v) is 3.80. The molecule has 0 unspecified atom stereocenters. The van der Waals surface area contributed by atoms with Crippen LogP contribution in [0.2, 0.25) is 0 Å². The second-order valence-corrected chi connectivity index (χ2v) is 5.51. The van der Waals surface area contributed by atoms with Gasteiger partial charge >= 0.3 is 0 Å². The summed E-state index contributed by atoms with van der Waals surface area (Å²) in [5.74, 6) is 0. The summed E-state index contributed by atoms with van der Waals surface area (Å²) in [6.07, 6.45) is 7.26. The first-order valence-corrected chi connectivity index (χ1v) is 8.02. The van der Waals surface area contributed by atoms with Crippen LogP contribution in [0.5, 0.6) is 0 Å². The Balaban J connectivity index is 1.88.